The molecule has 2 N–H and O–H groups in total. The van der Waals surface area contributed by atoms with Crippen LogP contribution in [0, 0.1) is 5.92 Å². The Kier molecular flexibility index (Phi) is 6.41. The van der Waals surface area contributed by atoms with Gasteiger partial charge in [-0.15, -0.1) is 0 Å². The van der Waals surface area contributed by atoms with Gasteiger partial charge >= 0.3 is 0 Å². The summed E-state index contributed by atoms with van der Waals surface area (Å²) in [5.41, 5.74) is 2.13. The predicted octanol–water partition coefficient (Wildman–Crippen LogP) is 4.56. The minimum atomic E-state index is -0.175. The highest BCUT2D eigenvalue weighted by Gasteiger charge is 2.22. The number of hydrogen-bond donors (Lipinski definition) is 2. The van der Waals surface area contributed by atoms with E-state index in [0.29, 0.717) is 28.6 Å². The van der Waals surface area contributed by atoms with Crippen molar-refractivity contribution in [1.82, 2.24) is 5.32 Å². The molecular formula is C22H24N2O3S. The van der Waals surface area contributed by atoms with Crippen molar-refractivity contribution in [2.45, 2.75) is 25.2 Å². The Morgan fingerprint density at radius 3 is 2.64 bits per heavy atom. The number of hydrogen-bond acceptors (Lipinski definition) is 4. The van der Waals surface area contributed by atoms with Gasteiger partial charge in [-0.1, -0.05) is 37.7 Å². The second-order valence-corrected chi connectivity index (χ2v) is 8.07. The predicted molar refractivity (Wildman–Crippen MR) is 114 cm³/mol. The molecule has 2 aromatic rings. The van der Waals surface area contributed by atoms with Crippen LogP contribution < -0.4 is 15.4 Å². The minimum absolute atomic E-state index is 0.123. The molecule has 1 aliphatic heterocycles. The van der Waals surface area contributed by atoms with Crippen molar-refractivity contribution in [2.24, 2.45) is 5.92 Å². The van der Waals surface area contributed by atoms with E-state index < -0.39 is 0 Å². The summed E-state index contributed by atoms with van der Waals surface area (Å²) < 4.78 is 5.16. The number of benzene rings is 2. The second kappa shape index (κ2) is 8.97. The fourth-order valence-electron chi connectivity index (χ4n) is 2.73. The van der Waals surface area contributed by atoms with Crippen molar-refractivity contribution in [1.29, 1.82) is 0 Å². The normalized spacial score (nSPS) is 14.6. The minimum Gasteiger partial charge on any atom is -0.497 e. The summed E-state index contributed by atoms with van der Waals surface area (Å²) in [5, 5.41) is 5.81. The fourth-order valence-corrected chi connectivity index (χ4v) is 3.66. The Labute approximate surface area is 169 Å². The lowest BCUT2D eigenvalue weighted by molar-refractivity contribution is -0.112. The van der Waals surface area contributed by atoms with Crippen LogP contribution in [0.4, 0.5) is 5.69 Å². The van der Waals surface area contributed by atoms with Crippen LogP contribution in [0.5, 0.6) is 5.75 Å². The molecule has 0 atom stereocenters. The Morgan fingerprint density at radius 1 is 1.21 bits per heavy atom. The molecule has 2 aromatic carbocycles. The van der Waals surface area contributed by atoms with Crippen molar-refractivity contribution in [2.75, 3.05) is 19.0 Å². The topological polar surface area (TPSA) is 67.4 Å². The smallest absolute Gasteiger partial charge is 0.262 e. The standard InChI is InChI=1S/C22H24N2O3S/c1-14(2)10-11-23-21(25)16-6-9-19-18(13-16)24-22(26)20(28-19)12-15-4-7-17(27-3)8-5-15/h4-9,12-14H,10-11H2,1-3H3,(H,23,25)(H,24,26)/b20-12+. The molecule has 0 aliphatic carbocycles. The quantitative estimate of drug-likeness (QED) is 0.703. The summed E-state index contributed by atoms with van der Waals surface area (Å²) >= 11 is 1.40. The number of anilines is 1. The third kappa shape index (κ3) is 4.95. The van der Waals surface area contributed by atoms with Crippen molar-refractivity contribution in [3.8, 4) is 5.75 Å². The van der Waals surface area contributed by atoms with E-state index >= 15 is 0 Å². The molecule has 5 nitrogen and oxygen atoms in total. The van der Waals surface area contributed by atoms with Gasteiger partial charge in [0.25, 0.3) is 11.8 Å². The number of rotatable bonds is 6. The molecule has 0 aromatic heterocycles. The van der Waals surface area contributed by atoms with E-state index in [1.807, 2.05) is 36.4 Å². The van der Waals surface area contributed by atoms with Crippen LogP contribution in [0.2, 0.25) is 0 Å². The van der Waals surface area contributed by atoms with Gasteiger partial charge in [-0.2, -0.15) is 0 Å². The second-order valence-electron chi connectivity index (χ2n) is 6.99. The molecule has 0 spiro atoms. The third-order valence-corrected chi connectivity index (χ3v) is 5.45. The molecular weight excluding hydrogens is 372 g/mol. The third-order valence-electron chi connectivity index (χ3n) is 4.35. The molecule has 6 heteroatoms. The van der Waals surface area contributed by atoms with Gasteiger partial charge < -0.3 is 15.4 Å². The van der Waals surface area contributed by atoms with E-state index in [0.717, 1.165) is 22.6 Å². The molecule has 0 unspecified atom stereocenters. The molecule has 0 radical (unpaired) electrons. The lowest BCUT2D eigenvalue weighted by atomic mass is 10.1. The lowest BCUT2D eigenvalue weighted by Crippen LogP contribution is -2.26. The first kappa shape index (κ1) is 20.0. The van der Waals surface area contributed by atoms with Crippen LogP contribution >= 0.6 is 11.8 Å². The molecule has 0 bridgehead atoms. The van der Waals surface area contributed by atoms with Crippen LogP contribution in [-0.4, -0.2) is 25.5 Å². The van der Waals surface area contributed by atoms with Crippen molar-refractivity contribution in [3.05, 3.63) is 58.5 Å². The van der Waals surface area contributed by atoms with E-state index in [9.17, 15) is 9.59 Å². The molecule has 0 saturated carbocycles. The van der Waals surface area contributed by atoms with E-state index in [4.69, 9.17) is 4.74 Å². The maximum absolute atomic E-state index is 12.5. The van der Waals surface area contributed by atoms with Crippen LogP contribution in [0.25, 0.3) is 6.08 Å². The molecule has 2 amide bonds. The van der Waals surface area contributed by atoms with Gasteiger partial charge in [0, 0.05) is 17.0 Å². The molecule has 0 saturated heterocycles. The number of fused-ring (bicyclic) bond motifs is 1. The first-order valence-corrected chi connectivity index (χ1v) is 10.0. The van der Waals surface area contributed by atoms with Crippen molar-refractivity contribution >= 4 is 35.3 Å². The van der Waals surface area contributed by atoms with Crippen LogP contribution in [-0.2, 0) is 4.79 Å². The number of ether oxygens (including phenoxy) is 1. The highest BCUT2D eigenvalue weighted by atomic mass is 32.2. The van der Waals surface area contributed by atoms with Crippen molar-refractivity contribution < 1.29 is 14.3 Å². The first-order chi connectivity index (χ1) is 13.5. The Balaban J connectivity index is 1.73. The van der Waals surface area contributed by atoms with E-state index in [2.05, 4.69) is 24.5 Å². The van der Waals surface area contributed by atoms with Crippen LogP contribution in [0.15, 0.2) is 52.3 Å². The zero-order valence-electron chi connectivity index (χ0n) is 16.2. The summed E-state index contributed by atoms with van der Waals surface area (Å²) in [4.78, 5) is 26.3. The summed E-state index contributed by atoms with van der Waals surface area (Å²) in [6.07, 6.45) is 2.78. The highest BCUT2D eigenvalue weighted by molar-refractivity contribution is 8.04. The summed E-state index contributed by atoms with van der Waals surface area (Å²) in [7, 11) is 1.62. The molecule has 1 aliphatic rings. The van der Waals surface area contributed by atoms with Crippen LogP contribution in [0.1, 0.15) is 36.2 Å². The average Bonchev–Trinajstić information content (AvgIpc) is 2.68. The summed E-state index contributed by atoms with van der Waals surface area (Å²) in [5.74, 6) is 1.01. The zero-order valence-corrected chi connectivity index (χ0v) is 17.1. The maximum atomic E-state index is 12.5. The van der Waals surface area contributed by atoms with Gasteiger partial charge in [0.15, 0.2) is 0 Å². The lowest BCUT2D eigenvalue weighted by Gasteiger charge is -2.19. The van der Waals surface area contributed by atoms with Gasteiger partial charge in [0.2, 0.25) is 0 Å². The highest BCUT2D eigenvalue weighted by Crippen LogP contribution is 2.39. The van der Waals surface area contributed by atoms with E-state index in [1.165, 1.54) is 11.8 Å². The average molecular weight is 397 g/mol. The number of methoxy groups -OCH3 is 1. The number of carbonyl (C=O) groups is 2. The Bertz CT molecular complexity index is 904. The number of carbonyl (C=O) groups excluding carboxylic acids is 2. The molecule has 0 fully saturated rings. The maximum Gasteiger partial charge on any atom is 0.262 e. The van der Waals surface area contributed by atoms with Gasteiger partial charge in [-0.25, -0.2) is 0 Å². The molecule has 28 heavy (non-hydrogen) atoms. The number of amides is 2. The molecule has 1 heterocycles. The van der Waals surface area contributed by atoms with Crippen molar-refractivity contribution in [3.63, 3.8) is 0 Å². The van der Waals surface area contributed by atoms with E-state index in [1.54, 1.807) is 19.2 Å². The number of nitrogens with one attached hydrogen (secondary N) is 2. The summed E-state index contributed by atoms with van der Waals surface area (Å²) in [6, 6.07) is 12.9. The molecule has 146 valence electrons. The first-order valence-electron chi connectivity index (χ1n) is 9.23. The largest absolute Gasteiger partial charge is 0.497 e. The monoisotopic (exact) mass is 396 g/mol. The summed E-state index contributed by atoms with van der Waals surface area (Å²) in [6.45, 7) is 4.88. The Morgan fingerprint density at radius 2 is 1.96 bits per heavy atom. The van der Waals surface area contributed by atoms with Crippen LogP contribution in [0.3, 0.4) is 0 Å². The van der Waals surface area contributed by atoms with Gasteiger partial charge in [-0.05, 0) is 54.3 Å². The van der Waals surface area contributed by atoms with Gasteiger partial charge in [-0.3, -0.25) is 9.59 Å². The van der Waals surface area contributed by atoms with E-state index in [-0.39, 0.29) is 11.8 Å². The fraction of sp³-hybridized carbons (Fsp3) is 0.273. The Hall–Kier alpha value is -2.73. The SMILES string of the molecule is COc1ccc(/C=C2/Sc3ccc(C(=O)NCCC(C)C)cc3NC2=O)cc1. The molecule has 3 rings (SSSR count). The van der Waals surface area contributed by atoms with Gasteiger partial charge in [0.05, 0.1) is 17.7 Å². The number of thioether (sulfide) groups is 1. The zero-order chi connectivity index (χ0) is 20.1. The van der Waals surface area contributed by atoms with Gasteiger partial charge in [0.1, 0.15) is 5.75 Å².